The van der Waals surface area contributed by atoms with Gasteiger partial charge in [0, 0.05) is 12.8 Å². The minimum atomic E-state index is 0.540. The second kappa shape index (κ2) is 4.33. The highest BCUT2D eigenvalue weighted by Crippen LogP contribution is 1.82. The Morgan fingerprint density at radius 3 is 2.75 bits per heavy atom. The molecule has 3 heteroatoms. The van der Waals surface area contributed by atoms with E-state index in [0.29, 0.717) is 6.54 Å². The Labute approximate surface area is 49.1 Å². The third kappa shape index (κ3) is 3.36. The normalized spacial score (nSPS) is 13.0. The number of nitrogens with two attached hydrogens (primary N) is 2. The predicted octanol–water partition coefficient (Wildman–Crippen LogP) is -0.164. The Hall–Kier alpha value is -0.830. The molecule has 3 nitrogen and oxygen atoms in total. The molecule has 0 aliphatic heterocycles. The van der Waals surface area contributed by atoms with E-state index in [1.54, 1.807) is 6.21 Å². The molecule has 0 amide bonds. The Balaban J connectivity index is 3.61. The molecule has 46 valence electrons. The zero-order valence-electron chi connectivity index (χ0n) is 4.96. The fourth-order valence-corrected chi connectivity index (χ4v) is 0.356. The topological polar surface area (TPSA) is 64.4 Å². The maximum Gasteiger partial charge on any atom is 0.0492 e. The number of hydrogen-bond donors (Lipinski definition) is 2. The fraction of sp³-hybridized carbons (Fsp3) is 0.400. The largest absolute Gasteiger partial charge is 0.327 e. The van der Waals surface area contributed by atoms with Crippen LogP contribution in [-0.4, -0.2) is 12.8 Å². The van der Waals surface area contributed by atoms with E-state index in [-0.39, 0.29) is 0 Å². The predicted molar refractivity (Wildman–Crippen MR) is 35.5 cm³/mol. The molecule has 0 aromatic rings. The summed E-state index contributed by atoms with van der Waals surface area (Å²) in [7, 11) is 0. The van der Waals surface area contributed by atoms with E-state index in [4.69, 9.17) is 11.6 Å². The highest BCUT2D eigenvalue weighted by atomic mass is 15.1. The molecule has 0 unspecified atom stereocenters. The number of nitrogens with zero attached hydrogens (tertiary/aromatic N) is 1. The summed E-state index contributed by atoms with van der Waals surface area (Å²) in [5.41, 5.74) is 6.18. The highest BCUT2D eigenvalue weighted by Gasteiger charge is 1.75. The van der Waals surface area contributed by atoms with Gasteiger partial charge in [-0.1, -0.05) is 6.08 Å². The molecule has 0 aliphatic rings. The van der Waals surface area contributed by atoms with Crippen molar-refractivity contribution in [1.82, 2.24) is 0 Å². The molecule has 0 radical (unpaired) electrons. The molecule has 8 heavy (non-hydrogen) atoms. The SMILES string of the molecule is CC(=C/CN)/C=N/N. The average molecular weight is 113 g/mol. The van der Waals surface area contributed by atoms with Gasteiger partial charge in [0.1, 0.15) is 0 Å². The average Bonchev–Trinajstić information content (AvgIpc) is 1.68. The lowest BCUT2D eigenvalue weighted by molar-refractivity contribution is 1.22. The van der Waals surface area contributed by atoms with Gasteiger partial charge in [-0.05, 0) is 12.5 Å². The molecule has 0 aliphatic carbocycles. The van der Waals surface area contributed by atoms with Crippen LogP contribution < -0.4 is 11.6 Å². The van der Waals surface area contributed by atoms with Gasteiger partial charge in [-0.2, -0.15) is 5.10 Å². The zero-order chi connectivity index (χ0) is 6.41. The van der Waals surface area contributed by atoms with Gasteiger partial charge in [0.15, 0.2) is 0 Å². The van der Waals surface area contributed by atoms with Crippen molar-refractivity contribution in [2.75, 3.05) is 6.54 Å². The number of hydrogen-bond acceptors (Lipinski definition) is 3. The zero-order valence-corrected chi connectivity index (χ0v) is 4.96. The summed E-state index contributed by atoms with van der Waals surface area (Å²) in [5.74, 6) is 4.85. The number of allylic oxidation sites excluding steroid dienone is 1. The lowest BCUT2D eigenvalue weighted by Crippen LogP contribution is -1.95. The summed E-state index contributed by atoms with van der Waals surface area (Å²) in [5, 5.41) is 3.31. The Morgan fingerprint density at radius 1 is 1.75 bits per heavy atom. The summed E-state index contributed by atoms with van der Waals surface area (Å²) < 4.78 is 0. The van der Waals surface area contributed by atoms with Gasteiger partial charge in [-0.25, -0.2) is 0 Å². The Bertz CT molecular complexity index is 104. The van der Waals surface area contributed by atoms with Crippen LogP contribution in [0.25, 0.3) is 0 Å². The molecule has 0 saturated carbocycles. The molecule has 0 atom stereocenters. The van der Waals surface area contributed by atoms with Crippen LogP contribution in [-0.2, 0) is 0 Å². The van der Waals surface area contributed by atoms with Crippen LogP contribution in [0.2, 0.25) is 0 Å². The van der Waals surface area contributed by atoms with Crippen molar-refractivity contribution in [1.29, 1.82) is 0 Å². The van der Waals surface area contributed by atoms with Crippen molar-refractivity contribution in [2.24, 2.45) is 16.7 Å². The first kappa shape index (κ1) is 7.17. The fourth-order valence-electron chi connectivity index (χ4n) is 0.356. The van der Waals surface area contributed by atoms with Crippen LogP contribution >= 0.6 is 0 Å². The summed E-state index contributed by atoms with van der Waals surface area (Å²) in [6, 6.07) is 0. The molecular weight excluding hydrogens is 102 g/mol. The molecule has 4 N–H and O–H groups in total. The molecule has 0 heterocycles. The molecule has 0 aromatic carbocycles. The highest BCUT2D eigenvalue weighted by molar-refractivity contribution is 5.77. The molecule has 0 aromatic heterocycles. The molecular formula is C5H11N3. The standard InChI is InChI=1S/C5H11N3/c1-5(2-3-6)4-8-7/h2,4H,3,6-7H2,1H3/b5-2-,8-4+. The quantitative estimate of drug-likeness (QED) is 0.297. The summed E-state index contributed by atoms with van der Waals surface area (Å²) >= 11 is 0. The van der Waals surface area contributed by atoms with Crippen molar-refractivity contribution in [3.8, 4) is 0 Å². The van der Waals surface area contributed by atoms with E-state index in [2.05, 4.69) is 5.10 Å². The van der Waals surface area contributed by atoms with Gasteiger partial charge in [0.2, 0.25) is 0 Å². The van der Waals surface area contributed by atoms with Crippen LogP contribution in [0.4, 0.5) is 0 Å². The van der Waals surface area contributed by atoms with Crippen LogP contribution in [0.15, 0.2) is 16.8 Å². The molecule has 0 rings (SSSR count). The summed E-state index contributed by atoms with van der Waals surface area (Å²) in [4.78, 5) is 0. The summed E-state index contributed by atoms with van der Waals surface area (Å²) in [6.07, 6.45) is 3.41. The van der Waals surface area contributed by atoms with Gasteiger partial charge in [-0.3, -0.25) is 0 Å². The van der Waals surface area contributed by atoms with Crippen molar-refractivity contribution >= 4 is 6.21 Å². The smallest absolute Gasteiger partial charge is 0.0492 e. The van der Waals surface area contributed by atoms with E-state index in [0.717, 1.165) is 5.57 Å². The third-order valence-corrected chi connectivity index (χ3v) is 0.718. The van der Waals surface area contributed by atoms with Gasteiger partial charge in [0.25, 0.3) is 0 Å². The van der Waals surface area contributed by atoms with E-state index in [9.17, 15) is 0 Å². The van der Waals surface area contributed by atoms with E-state index >= 15 is 0 Å². The Kier molecular flexibility index (Phi) is 3.88. The van der Waals surface area contributed by atoms with Crippen molar-refractivity contribution in [2.45, 2.75) is 6.92 Å². The van der Waals surface area contributed by atoms with Crippen molar-refractivity contribution < 1.29 is 0 Å². The van der Waals surface area contributed by atoms with Gasteiger partial charge in [-0.15, -0.1) is 0 Å². The van der Waals surface area contributed by atoms with Gasteiger partial charge in [0.05, 0.1) is 0 Å². The lowest BCUT2D eigenvalue weighted by atomic mass is 10.3. The monoisotopic (exact) mass is 113 g/mol. The lowest BCUT2D eigenvalue weighted by Gasteiger charge is -1.84. The first-order valence-electron chi connectivity index (χ1n) is 2.41. The van der Waals surface area contributed by atoms with E-state index in [1.807, 2.05) is 13.0 Å². The second-order valence-electron chi connectivity index (χ2n) is 1.46. The first-order valence-corrected chi connectivity index (χ1v) is 2.41. The van der Waals surface area contributed by atoms with Gasteiger partial charge >= 0.3 is 0 Å². The maximum absolute atomic E-state index is 5.18. The van der Waals surface area contributed by atoms with Crippen LogP contribution in [0.5, 0.6) is 0 Å². The third-order valence-electron chi connectivity index (χ3n) is 0.718. The number of rotatable bonds is 2. The van der Waals surface area contributed by atoms with Crippen molar-refractivity contribution in [3.05, 3.63) is 11.6 Å². The summed E-state index contributed by atoms with van der Waals surface area (Å²) in [6.45, 7) is 2.43. The molecule has 0 fully saturated rings. The van der Waals surface area contributed by atoms with Crippen LogP contribution in [0.1, 0.15) is 6.92 Å². The molecule has 0 spiro atoms. The molecule has 0 saturated heterocycles. The Morgan fingerprint density at radius 2 is 2.38 bits per heavy atom. The minimum absolute atomic E-state index is 0.540. The second-order valence-corrected chi connectivity index (χ2v) is 1.46. The number of hydrazone groups is 1. The minimum Gasteiger partial charge on any atom is -0.327 e. The van der Waals surface area contributed by atoms with Gasteiger partial charge < -0.3 is 11.6 Å². The van der Waals surface area contributed by atoms with Crippen molar-refractivity contribution in [3.63, 3.8) is 0 Å². The molecule has 0 bridgehead atoms. The van der Waals surface area contributed by atoms with E-state index < -0.39 is 0 Å². The van der Waals surface area contributed by atoms with Crippen LogP contribution in [0, 0.1) is 0 Å². The van der Waals surface area contributed by atoms with Crippen LogP contribution in [0.3, 0.4) is 0 Å². The maximum atomic E-state index is 5.18. The first-order chi connectivity index (χ1) is 3.81. The van der Waals surface area contributed by atoms with E-state index in [1.165, 1.54) is 0 Å².